The summed E-state index contributed by atoms with van der Waals surface area (Å²) in [6.45, 7) is 6.37. The number of morpholine rings is 1. The van der Waals surface area contributed by atoms with Crippen molar-refractivity contribution >= 4 is 22.4 Å². The molecule has 3 rings (SSSR count). The highest BCUT2D eigenvalue weighted by atomic mass is 32.1. The van der Waals surface area contributed by atoms with E-state index in [4.69, 9.17) is 4.74 Å². The fourth-order valence-corrected chi connectivity index (χ4v) is 3.61. The minimum atomic E-state index is -0.442. The Kier molecular flexibility index (Phi) is 5.67. The van der Waals surface area contributed by atoms with Crippen molar-refractivity contribution in [2.45, 2.75) is 32.4 Å². The third-order valence-electron chi connectivity index (χ3n) is 4.00. The number of thiazole rings is 1. The van der Waals surface area contributed by atoms with Gasteiger partial charge in [0.15, 0.2) is 10.9 Å². The molecule has 1 aliphatic rings. The van der Waals surface area contributed by atoms with Crippen molar-refractivity contribution in [3.63, 3.8) is 0 Å². The van der Waals surface area contributed by atoms with E-state index in [1.54, 1.807) is 6.20 Å². The summed E-state index contributed by atoms with van der Waals surface area (Å²) >= 11 is 1.47. The van der Waals surface area contributed by atoms with E-state index in [-0.39, 0.29) is 17.9 Å². The van der Waals surface area contributed by atoms with Crippen molar-refractivity contribution in [3.05, 3.63) is 35.1 Å². The van der Waals surface area contributed by atoms with E-state index in [9.17, 15) is 9.18 Å². The number of ether oxygens (including phenoxy) is 1. The molecule has 134 valence electrons. The van der Waals surface area contributed by atoms with Crippen LogP contribution < -0.4 is 5.32 Å². The van der Waals surface area contributed by atoms with E-state index >= 15 is 0 Å². The molecule has 1 fully saturated rings. The molecule has 2 aromatic heterocycles. The summed E-state index contributed by atoms with van der Waals surface area (Å²) in [7, 11) is 0. The summed E-state index contributed by atoms with van der Waals surface area (Å²) in [5, 5.41) is 3.31. The molecule has 1 amide bonds. The highest BCUT2D eigenvalue weighted by molar-refractivity contribution is 7.15. The van der Waals surface area contributed by atoms with Gasteiger partial charge in [-0.05, 0) is 0 Å². The molecule has 0 radical (unpaired) electrons. The Morgan fingerprint density at radius 2 is 2.20 bits per heavy atom. The summed E-state index contributed by atoms with van der Waals surface area (Å²) < 4.78 is 18.8. The molecule has 1 saturated heterocycles. The molecule has 2 atom stereocenters. The number of halogens is 1. The van der Waals surface area contributed by atoms with Crippen molar-refractivity contribution in [3.8, 4) is 0 Å². The number of nitrogens with zero attached hydrogens (tertiary/aromatic N) is 4. The lowest BCUT2D eigenvalue weighted by Crippen LogP contribution is -2.44. The van der Waals surface area contributed by atoms with Crippen LogP contribution in [0, 0.1) is 5.82 Å². The standard InChI is InChI=1S/C16H20FN5O2S/c1-10(15-18-5-12(17)6-19-15)14-9-22(3-4-24-14)8-13-7-20-16(25-13)21-11(2)23/h5-7,10,14H,3-4,8-9H2,1-2H3,(H,20,21,23)/t10-,14+/m1/s1. The van der Waals surface area contributed by atoms with Crippen LogP contribution in [0.5, 0.6) is 0 Å². The zero-order chi connectivity index (χ0) is 17.8. The lowest BCUT2D eigenvalue weighted by Gasteiger charge is -2.35. The lowest BCUT2D eigenvalue weighted by molar-refractivity contribution is -0.114. The van der Waals surface area contributed by atoms with Gasteiger partial charge in [-0.2, -0.15) is 0 Å². The summed E-state index contributed by atoms with van der Waals surface area (Å²) in [4.78, 5) is 26.8. The molecule has 0 saturated carbocycles. The van der Waals surface area contributed by atoms with Gasteiger partial charge in [0.1, 0.15) is 5.82 Å². The predicted molar refractivity (Wildman–Crippen MR) is 91.8 cm³/mol. The minimum Gasteiger partial charge on any atom is -0.375 e. The third-order valence-corrected chi connectivity index (χ3v) is 4.90. The number of aromatic nitrogens is 3. The average Bonchev–Trinajstić information content (AvgIpc) is 3.01. The van der Waals surface area contributed by atoms with Gasteiger partial charge in [0.05, 0.1) is 25.1 Å². The number of carbonyl (C=O) groups is 1. The first-order valence-electron chi connectivity index (χ1n) is 8.05. The van der Waals surface area contributed by atoms with Crippen molar-refractivity contribution in [2.75, 3.05) is 25.0 Å². The lowest BCUT2D eigenvalue weighted by atomic mass is 10.0. The Morgan fingerprint density at radius 3 is 2.92 bits per heavy atom. The number of rotatable bonds is 5. The topological polar surface area (TPSA) is 80.2 Å². The Balaban J connectivity index is 1.60. The molecule has 9 heteroatoms. The first-order chi connectivity index (χ1) is 12.0. The summed E-state index contributed by atoms with van der Waals surface area (Å²) in [5.74, 6) is -0.0124. The van der Waals surface area contributed by atoms with E-state index in [0.717, 1.165) is 24.5 Å². The quantitative estimate of drug-likeness (QED) is 0.873. The van der Waals surface area contributed by atoms with Crippen LogP contribution in [0.25, 0.3) is 0 Å². The molecular weight excluding hydrogens is 345 g/mol. The van der Waals surface area contributed by atoms with Gasteiger partial charge in [-0.25, -0.2) is 19.3 Å². The van der Waals surface area contributed by atoms with Crippen LogP contribution in [0.2, 0.25) is 0 Å². The average molecular weight is 365 g/mol. The maximum atomic E-state index is 13.0. The van der Waals surface area contributed by atoms with Crippen molar-refractivity contribution in [1.29, 1.82) is 0 Å². The highest BCUT2D eigenvalue weighted by Crippen LogP contribution is 2.24. The minimum absolute atomic E-state index is 0.0280. The zero-order valence-electron chi connectivity index (χ0n) is 14.1. The summed E-state index contributed by atoms with van der Waals surface area (Å²) in [5.41, 5.74) is 0. The maximum absolute atomic E-state index is 13.0. The van der Waals surface area contributed by atoms with E-state index in [2.05, 4.69) is 25.2 Å². The second-order valence-corrected chi connectivity index (χ2v) is 7.12. The Labute approximate surface area is 149 Å². The molecule has 0 aliphatic carbocycles. The smallest absolute Gasteiger partial charge is 0.223 e. The van der Waals surface area contributed by atoms with Crippen molar-refractivity contribution < 1.29 is 13.9 Å². The SMILES string of the molecule is CC(=O)Nc1ncc(CN2CCO[C@H]([C@@H](C)c3ncc(F)cn3)C2)s1. The Morgan fingerprint density at radius 1 is 1.44 bits per heavy atom. The number of anilines is 1. The highest BCUT2D eigenvalue weighted by Gasteiger charge is 2.28. The predicted octanol–water partition coefficient (Wildman–Crippen LogP) is 2.04. The Bertz CT molecular complexity index is 724. The molecule has 0 spiro atoms. The summed E-state index contributed by atoms with van der Waals surface area (Å²) in [6, 6.07) is 0. The molecule has 1 N–H and O–H groups in total. The summed E-state index contributed by atoms with van der Waals surface area (Å²) in [6.07, 6.45) is 4.09. The van der Waals surface area contributed by atoms with Gasteiger partial charge in [0.25, 0.3) is 0 Å². The molecule has 0 bridgehead atoms. The monoisotopic (exact) mass is 365 g/mol. The van der Waals surface area contributed by atoms with E-state index in [1.807, 2.05) is 6.92 Å². The van der Waals surface area contributed by atoms with Gasteiger partial charge in [0.2, 0.25) is 5.91 Å². The first-order valence-corrected chi connectivity index (χ1v) is 8.86. The van der Waals surface area contributed by atoms with Gasteiger partial charge in [-0.1, -0.05) is 6.92 Å². The number of nitrogens with one attached hydrogen (secondary N) is 1. The number of carbonyl (C=O) groups excluding carboxylic acids is 1. The van der Waals surface area contributed by atoms with E-state index in [1.165, 1.54) is 30.7 Å². The van der Waals surface area contributed by atoms with Crippen molar-refractivity contribution in [1.82, 2.24) is 19.9 Å². The molecule has 2 aromatic rings. The maximum Gasteiger partial charge on any atom is 0.223 e. The molecule has 1 aliphatic heterocycles. The molecule has 25 heavy (non-hydrogen) atoms. The van der Waals surface area contributed by atoms with Crippen LogP contribution >= 0.6 is 11.3 Å². The third kappa shape index (κ3) is 4.77. The number of amides is 1. The van der Waals surface area contributed by atoms with Gasteiger partial charge in [-0.3, -0.25) is 9.69 Å². The van der Waals surface area contributed by atoms with Gasteiger partial charge in [-0.15, -0.1) is 11.3 Å². The van der Waals surface area contributed by atoms with Crippen LogP contribution in [0.3, 0.4) is 0 Å². The van der Waals surface area contributed by atoms with Crippen LogP contribution in [-0.4, -0.2) is 51.6 Å². The fourth-order valence-electron chi connectivity index (χ4n) is 2.71. The van der Waals surface area contributed by atoms with Crippen LogP contribution in [0.1, 0.15) is 30.5 Å². The fraction of sp³-hybridized carbons (Fsp3) is 0.500. The van der Waals surface area contributed by atoms with E-state index in [0.29, 0.717) is 17.6 Å². The zero-order valence-corrected chi connectivity index (χ0v) is 14.9. The normalized spacial score (nSPS) is 19.6. The van der Waals surface area contributed by atoms with Crippen molar-refractivity contribution in [2.24, 2.45) is 0 Å². The van der Waals surface area contributed by atoms with Gasteiger partial charge < -0.3 is 10.1 Å². The van der Waals surface area contributed by atoms with Crippen LogP contribution in [0.15, 0.2) is 18.6 Å². The second-order valence-electron chi connectivity index (χ2n) is 6.01. The Hall–Kier alpha value is -1.97. The second kappa shape index (κ2) is 7.94. The molecular formula is C16H20FN5O2S. The molecule has 0 aromatic carbocycles. The van der Waals surface area contributed by atoms with Crippen LogP contribution in [-0.2, 0) is 16.1 Å². The van der Waals surface area contributed by atoms with Crippen LogP contribution in [0.4, 0.5) is 9.52 Å². The van der Waals surface area contributed by atoms with Gasteiger partial charge >= 0.3 is 0 Å². The number of hydrogen-bond acceptors (Lipinski definition) is 7. The molecule has 3 heterocycles. The van der Waals surface area contributed by atoms with E-state index < -0.39 is 5.82 Å². The number of hydrogen-bond donors (Lipinski definition) is 1. The largest absolute Gasteiger partial charge is 0.375 e. The molecule has 7 nitrogen and oxygen atoms in total. The first kappa shape index (κ1) is 17.8. The molecule has 0 unspecified atom stereocenters. The van der Waals surface area contributed by atoms with Gasteiger partial charge in [0, 0.05) is 43.5 Å².